The van der Waals surface area contributed by atoms with Crippen molar-refractivity contribution in [1.29, 1.82) is 0 Å². The SMILES string of the molecule is CN=C(NCCCC(C)C)NCC1CCN(C)CC1. The van der Waals surface area contributed by atoms with Gasteiger partial charge in [-0.2, -0.15) is 0 Å². The van der Waals surface area contributed by atoms with Crippen LogP contribution in [0.1, 0.15) is 39.5 Å². The lowest BCUT2D eigenvalue weighted by Gasteiger charge is -2.29. The van der Waals surface area contributed by atoms with E-state index in [1.54, 1.807) is 0 Å². The largest absolute Gasteiger partial charge is 0.356 e. The molecule has 1 heterocycles. The van der Waals surface area contributed by atoms with Crippen molar-refractivity contribution in [2.75, 3.05) is 40.3 Å². The Kier molecular flexibility index (Phi) is 7.87. The van der Waals surface area contributed by atoms with E-state index in [0.29, 0.717) is 0 Å². The Hall–Kier alpha value is -0.770. The van der Waals surface area contributed by atoms with Crippen molar-refractivity contribution in [3.05, 3.63) is 0 Å². The Morgan fingerprint density at radius 2 is 1.95 bits per heavy atom. The van der Waals surface area contributed by atoms with Gasteiger partial charge in [0.05, 0.1) is 0 Å². The summed E-state index contributed by atoms with van der Waals surface area (Å²) in [5.41, 5.74) is 0. The second kappa shape index (κ2) is 9.18. The maximum Gasteiger partial charge on any atom is 0.190 e. The second-order valence-electron chi connectivity index (χ2n) is 6.16. The van der Waals surface area contributed by atoms with Crippen molar-refractivity contribution in [2.45, 2.75) is 39.5 Å². The quantitative estimate of drug-likeness (QED) is 0.439. The van der Waals surface area contributed by atoms with Crippen LogP contribution in [0.4, 0.5) is 0 Å². The van der Waals surface area contributed by atoms with Crippen molar-refractivity contribution >= 4 is 5.96 Å². The van der Waals surface area contributed by atoms with Gasteiger partial charge < -0.3 is 15.5 Å². The van der Waals surface area contributed by atoms with Crippen molar-refractivity contribution in [3.63, 3.8) is 0 Å². The van der Waals surface area contributed by atoms with Gasteiger partial charge in [-0.15, -0.1) is 0 Å². The molecule has 0 bridgehead atoms. The summed E-state index contributed by atoms with van der Waals surface area (Å²) < 4.78 is 0. The highest BCUT2D eigenvalue weighted by molar-refractivity contribution is 5.79. The number of nitrogens with one attached hydrogen (secondary N) is 2. The average Bonchev–Trinajstić information content (AvgIpc) is 2.39. The minimum Gasteiger partial charge on any atom is -0.356 e. The van der Waals surface area contributed by atoms with E-state index in [4.69, 9.17) is 0 Å². The number of nitrogens with zero attached hydrogens (tertiary/aromatic N) is 2. The number of hydrogen-bond acceptors (Lipinski definition) is 2. The molecular formula is C15H32N4. The van der Waals surface area contributed by atoms with Crippen LogP contribution < -0.4 is 10.6 Å². The van der Waals surface area contributed by atoms with Gasteiger partial charge in [0, 0.05) is 20.1 Å². The zero-order chi connectivity index (χ0) is 14.1. The van der Waals surface area contributed by atoms with Gasteiger partial charge in [0.15, 0.2) is 5.96 Å². The minimum absolute atomic E-state index is 0.788. The fraction of sp³-hybridized carbons (Fsp3) is 0.933. The van der Waals surface area contributed by atoms with Crippen molar-refractivity contribution in [1.82, 2.24) is 15.5 Å². The topological polar surface area (TPSA) is 39.7 Å². The van der Waals surface area contributed by atoms with Crippen LogP contribution in [0, 0.1) is 11.8 Å². The molecular weight excluding hydrogens is 236 g/mol. The molecule has 0 aromatic rings. The predicted octanol–water partition coefficient (Wildman–Crippen LogP) is 1.93. The standard InChI is InChI=1S/C15H32N4/c1-13(2)6-5-9-17-15(16-3)18-12-14-7-10-19(4)11-8-14/h13-14H,5-12H2,1-4H3,(H2,16,17,18). The van der Waals surface area contributed by atoms with E-state index in [1.807, 2.05) is 7.05 Å². The van der Waals surface area contributed by atoms with Crippen LogP contribution in [-0.4, -0.2) is 51.1 Å². The molecule has 1 rings (SSSR count). The van der Waals surface area contributed by atoms with Gasteiger partial charge >= 0.3 is 0 Å². The van der Waals surface area contributed by atoms with E-state index >= 15 is 0 Å². The van der Waals surface area contributed by atoms with Gasteiger partial charge in [-0.1, -0.05) is 13.8 Å². The zero-order valence-electron chi connectivity index (χ0n) is 13.2. The average molecular weight is 268 g/mol. The number of piperidine rings is 1. The summed E-state index contributed by atoms with van der Waals surface area (Å²) in [6, 6.07) is 0. The molecule has 19 heavy (non-hydrogen) atoms. The third-order valence-electron chi connectivity index (χ3n) is 3.87. The normalized spacial score (nSPS) is 18.9. The van der Waals surface area contributed by atoms with Crippen LogP contribution >= 0.6 is 0 Å². The number of rotatable bonds is 6. The fourth-order valence-electron chi connectivity index (χ4n) is 2.44. The third-order valence-corrected chi connectivity index (χ3v) is 3.87. The molecule has 0 atom stereocenters. The van der Waals surface area contributed by atoms with Crippen molar-refractivity contribution < 1.29 is 0 Å². The van der Waals surface area contributed by atoms with E-state index < -0.39 is 0 Å². The predicted molar refractivity (Wildman–Crippen MR) is 83.7 cm³/mol. The molecule has 1 saturated heterocycles. The van der Waals surface area contributed by atoms with Crippen LogP contribution in [-0.2, 0) is 0 Å². The summed E-state index contributed by atoms with van der Waals surface area (Å²) >= 11 is 0. The van der Waals surface area contributed by atoms with Crippen LogP contribution in [0.15, 0.2) is 4.99 Å². The van der Waals surface area contributed by atoms with Crippen LogP contribution in [0.2, 0.25) is 0 Å². The van der Waals surface area contributed by atoms with E-state index in [2.05, 4.69) is 41.4 Å². The molecule has 0 aromatic carbocycles. The number of guanidine groups is 1. The molecule has 0 unspecified atom stereocenters. The first-order valence-electron chi connectivity index (χ1n) is 7.75. The monoisotopic (exact) mass is 268 g/mol. The van der Waals surface area contributed by atoms with Crippen LogP contribution in [0.3, 0.4) is 0 Å². The highest BCUT2D eigenvalue weighted by Crippen LogP contribution is 2.14. The molecule has 0 saturated carbocycles. The maximum atomic E-state index is 4.29. The van der Waals surface area contributed by atoms with Gasteiger partial charge in [-0.25, -0.2) is 0 Å². The first kappa shape index (κ1) is 16.3. The van der Waals surface area contributed by atoms with E-state index in [-0.39, 0.29) is 0 Å². The molecule has 0 amide bonds. The Balaban J connectivity index is 2.11. The Morgan fingerprint density at radius 3 is 2.53 bits per heavy atom. The molecule has 1 aliphatic heterocycles. The lowest BCUT2D eigenvalue weighted by molar-refractivity contribution is 0.220. The Labute approximate surface area is 119 Å². The van der Waals surface area contributed by atoms with E-state index in [9.17, 15) is 0 Å². The number of hydrogen-bond donors (Lipinski definition) is 2. The molecule has 1 fully saturated rings. The Bertz CT molecular complexity index is 255. The molecule has 0 aliphatic carbocycles. The smallest absolute Gasteiger partial charge is 0.190 e. The van der Waals surface area contributed by atoms with Gasteiger partial charge in [0.25, 0.3) is 0 Å². The van der Waals surface area contributed by atoms with E-state index in [0.717, 1.165) is 30.9 Å². The van der Waals surface area contributed by atoms with Gasteiger partial charge in [-0.05, 0) is 57.7 Å². The molecule has 0 radical (unpaired) electrons. The highest BCUT2D eigenvalue weighted by atomic mass is 15.2. The second-order valence-corrected chi connectivity index (χ2v) is 6.16. The lowest BCUT2D eigenvalue weighted by Crippen LogP contribution is -2.42. The third kappa shape index (κ3) is 7.41. The summed E-state index contributed by atoms with van der Waals surface area (Å²) in [5.74, 6) is 2.55. The first-order valence-corrected chi connectivity index (χ1v) is 7.75. The van der Waals surface area contributed by atoms with Gasteiger partial charge in [-0.3, -0.25) is 4.99 Å². The van der Waals surface area contributed by atoms with Crippen molar-refractivity contribution in [2.24, 2.45) is 16.8 Å². The lowest BCUT2D eigenvalue weighted by atomic mass is 9.97. The molecule has 4 heteroatoms. The summed E-state index contributed by atoms with van der Waals surface area (Å²) in [5, 5.41) is 6.86. The van der Waals surface area contributed by atoms with E-state index in [1.165, 1.54) is 38.8 Å². The summed E-state index contributed by atoms with van der Waals surface area (Å²) in [4.78, 5) is 6.70. The molecule has 0 spiro atoms. The fourth-order valence-corrected chi connectivity index (χ4v) is 2.44. The van der Waals surface area contributed by atoms with Gasteiger partial charge in [0.2, 0.25) is 0 Å². The van der Waals surface area contributed by atoms with Gasteiger partial charge in [0.1, 0.15) is 0 Å². The summed E-state index contributed by atoms with van der Waals surface area (Å²) in [7, 11) is 4.06. The minimum atomic E-state index is 0.788. The maximum absolute atomic E-state index is 4.29. The summed E-state index contributed by atoms with van der Waals surface area (Å²) in [6.45, 7) is 9.07. The van der Waals surface area contributed by atoms with Crippen LogP contribution in [0.25, 0.3) is 0 Å². The van der Waals surface area contributed by atoms with Crippen molar-refractivity contribution in [3.8, 4) is 0 Å². The molecule has 2 N–H and O–H groups in total. The zero-order valence-corrected chi connectivity index (χ0v) is 13.2. The highest BCUT2D eigenvalue weighted by Gasteiger charge is 2.16. The molecule has 112 valence electrons. The van der Waals surface area contributed by atoms with Crippen LogP contribution in [0.5, 0.6) is 0 Å². The molecule has 4 nitrogen and oxygen atoms in total. The Morgan fingerprint density at radius 1 is 1.26 bits per heavy atom. The number of aliphatic imine (C=N–C) groups is 1. The first-order chi connectivity index (χ1) is 9.11. The number of likely N-dealkylation sites (tertiary alicyclic amines) is 1. The molecule has 1 aliphatic rings. The summed E-state index contributed by atoms with van der Waals surface area (Å²) in [6.07, 6.45) is 5.09. The molecule has 0 aromatic heterocycles.